The Bertz CT molecular complexity index is 716. The number of nitrogens with one attached hydrogen (secondary N) is 1. The lowest BCUT2D eigenvalue weighted by Gasteiger charge is -2.08. The van der Waals surface area contributed by atoms with Crippen molar-refractivity contribution in [3.8, 4) is 0 Å². The molecule has 0 amide bonds. The van der Waals surface area contributed by atoms with Gasteiger partial charge in [0.2, 0.25) is 10.0 Å². The van der Waals surface area contributed by atoms with E-state index in [0.717, 1.165) is 9.35 Å². The molecule has 0 saturated carbocycles. The van der Waals surface area contributed by atoms with Crippen LogP contribution in [0.15, 0.2) is 39.0 Å². The minimum atomic E-state index is -3.58. The van der Waals surface area contributed by atoms with Crippen LogP contribution in [-0.2, 0) is 23.1 Å². The van der Waals surface area contributed by atoms with Crippen molar-refractivity contribution in [2.24, 2.45) is 5.73 Å². The Balaban J connectivity index is 2.15. The van der Waals surface area contributed by atoms with Gasteiger partial charge in [0.25, 0.3) is 0 Å². The van der Waals surface area contributed by atoms with Gasteiger partial charge in [0.1, 0.15) is 0 Å². The quantitative estimate of drug-likeness (QED) is 0.817. The number of sulfonamides is 1. The average Bonchev–Trinajstić information content (AvgIpc) is 2.82. The van der Waals surface area contributed by atoms with Crippen LogP contribution in [0.5, 0.6) is 0 Å². The molecule has 0 aliphatic rings. The van der Waals surface area contributed by atoms with Crippen molar-refractivity contribution in [1.82, 2.24) is 4.72 Å². The molecule has 0 spiro atoms. The third kappa shape index (κ3) is 3.81. The van der Waals surface area contributed by atoms with Gasteiger partial charge in [-0.05, 0) is 39.7 Å². The maximum Gasteiger partial charge on any atom is 0.240 e. The smallest absolute Gasteiger partial charge is 0.240 e. The first-order valence-corrected chi connectivity index (χ1v) is 9.17. The van der Waals surface area contributed by atoms with Crippen molar-refractivity contribution in [3.63, 3.8) is 0 Å². The summed E-state index contributed by atoms with van der Waals surface area (Å²) >= 11 is 10.8. The fourth-order valence-electron chi connectivity index (χ4n) is 1.56. The predicted octanol–water partition coefficient (Wildman–Crippen LogP) is 3.10. The zero-order valence-corrected chi connectivity index (χ0v) is 14.2. The molecule has 1 aromatic heterocycles. The first-order valence-electron chi connectivity index (χ1n) is 5.63. The van der Waals surface area contributed by atoms with Gasteiger partial charge in [-0.2, -0.15) is 0 Å². The maximum atomic E-state index is 12.2. The van der Waals surface area contributed by atoms with E-state index < -0.39 is 10.0 Å². The van der Waals surface area contributed by atoms with Crippen LogP contribution < -0.4 is 10.5 Å². The van der Waals surface area contributed by atoms with Crippen LogP contribution in [0.25, 0.3) is 0 Å². The van der Waals surface area contributed by atoms with E-state index in [1.54, 1.807) is 6.07 Å². The number of hydrogen-bond donors (Lipinski definition) is 2. The number of hydrogen-bond acceptors (Lipinski definition) is 4. The molecule has 0 radical (unpaired) electrons. The van der Waals surface area contributed by atoms with Crippen LogP contribution in [0.1, 0.15) is 10.4 Å². The topological polar surface area (TPSA) is 72.2 Å². The summed E-state index contributed by atoms with van der Waals surface area (Å²) < 4.78 is 27.8. The fourth-order valence-corrected chi connectivity index (χ4v) is 4.39. The predicted molar refractivity (Wildman–Crippen MR) is 85.4 cm³/mol. The third-order valence-electron chi connectivity index (χ3n) is 2.61. The highest BCUT2D eigenvalue weighted by Gasteiger charge is 2.15. The molecule has 2 rings (SSSR count). The van der Waals surface area contributed by atoms with Gasteiger partial charge in [0.05, 0.1) is 4.90 Å². The second-order valence-electron chi connectivity index (χ2n) is 4.01. The largest absolute Gasteiger partial charge is 0.326 e. The Morgan fingerprint density at radius 2 is 2.10 bits per heavy atom. The van der Waals surface area contributed by atoms with E-state index >= 15 is 0 Å². The molecule has 1 heterocycles. The summed E-state index contributed by atoms with van der Waals surface area (Å²) in [5, 5.41) is 2.26. The van der Waals surface area contributed by atoms with Crippen LogP contribution in [0.4, 0.5) is 0 Å². The molecule has 0 unspecified atom stereocenters. The van der Waals surface area contributed by atoms with Gasteiger partial charge in [-0.1, -0.05) is 17.7 Å². The molecular weight excluding hydrogens is 384 g/mol. The molecule has 4 nitrogen and oxygen atoms in total. The van der Waals surface area contributed by atoms with E-state index in [9.17, 15) is 8.42 Å². The highest BCUT2D eigenvalue weighted by Crippen LogP contribution is 2.22. The summed E-state index contributed by atoms with van der Waals surface area (Å²) in [7, 11) is -3.58. The molecule has 108 valence electrons. The Labute approximate surface area is 135 Å². The Kier molecular flexibility index (Phi) is 5.22. The molecule has 1 aromatic carbocycles. The SMILES string of the molecule is NCc1ccc(S(=O)(=O)NCc2cc(Br)cs2)cc1Cl. The zero-order chi connectivity index (χ0) is 14.8. The lowest BCUT2D eigenvalue weighted by Crippen LogP contribution is -2.22. The second kappa shape index (κ2) is 6.55. The van der Waals surface area contributed by atoms with Gasteiger partial charge >= 0.3 is 0 Å². The van der Waals surface area contributed by atoms with Crippen molar-refractivity contribution in [3.05, 3.63) is 49.6 Å². The van der Waals surface area contributed by atoms with Gasteiger partial charge in [0, 0.05) is 32.8 Å². The lowest BCUT2D eigenvalue weighted by molar-refractivity contribution is 0.582. The molecule has 0 aliphatic heterocycles. The third-order valence-corrected chi connectivity index (χ3v) is 6.06. The summed E-state index contributed by atoms with van der Waals surface area (Å²) in [6, 6.07) is 6.41. The van der Waals surface area contributed by atoms with Crippen molar-refractivity contribution >= 4 is 48.9 Å². The number of rotatable bonds is 5. The van der Waals surface area contributed by atoms with Crippen molar-refractivity contribution < 1.29 is 8.42 Å². The molecule has 0 atom stereocenters. The monoisotopic (exact) mass is 394 g/mol. The number of thiophene rings is 1. The number of halogens is 2. The minimum Gasteiger partial charge on any atom is -0.326 e. The van der Waals surface area contributed by atoms with E-state index in [-0.39, 0.29) is 18.0 Å². The summed E-state index contributed by atoms with van der Waals surface area (Å²) in [4.78, 5) is 1.06. The number of benzene rings is 1. The van der Waals surface area contributed by atoms with E-state index in [0.29, 0.717) is 10.6 Å². The Hall–Kier alpha value is -0.440. The lowest BCUT2D eigenvalue weighted by atomic mass is 10.2. The van der Waals surface area contributed by atoms with Crippen LogP contribution in [0.2, 0.25) is 5.02 Å². The molecule has 20 heavy (non-hydrogen) atoms. The van der Waals surface area contributed by atoms with Crippen molar-refractivity contribution in [1.29, 1.82) is 0 Å². The highest BCUT2D eigenvalue weighted by atomic mass is 79.9. The van der Waals surface area contributed by atoms with Gasteiger partial charge < -0.3 is 5.73 Å². The molecule has 0 saturated heterocycles. The summed E-state index contributed by atoms with van der Waals surface area (Å²) in [5.74, 6) is 0. The normalized spacial score (nSPS) is 11.8. The van der Waals surface area contributed by atoms with Crippen LogP contribution in [0.3, 0.4) is 0 Å². The summed E-state index contributed by atoms with van der Waals surface area (Å²) in [6.45, 7) is 0.519. The standard InChI is InChI=1S/C12H12BrClN2O2S2/c13-9-3-10(19-7-9)6-16-20(17,18)11-2-1-8(5-15)12(14)4-11/h1-4,7,16H,5-6,15H2. The van der Waals surface area contributed by atoms with Gasteiger partial charge in [-0.3, -0.25) is 0 Å². The van der Waals surface area contributed by atoms with Gasteiger partial charge in [0.15, 0.2) is 0 Å². The molecule has 0 bridgehead atoms. The molecule has 2 aromatic rings. The first-order chi connectivity index (χ1) is 9.42. The Morgan fingerprint density at radius 3 is 2.65 bits per heavy atom. The molecule has 0 aliphatic carbocycles. The van der Waals surface area contributed by atoms with Gasteiger partial charge in [-0.25, -0.2) is 13.1 Å². The van der Waals surface area contributed by atoms with E-state index in [1.165, 1.54) is 23.5 Å². The highest BCUT2D eigenvalue weighted by molar-refractivity contribution is 9.10. The van der Waals surface area contributed by atoms with Crippen LogP contribution >= 0.6 is 38.9 Å². The van der Waals surface area contributed by atoms with E-state index in [2.05, 4.69) is 20.7 Å². The maximum absolute atomic E-state index is 12.2. The van der Waals surface area contributed by atoms with Crippen LogP contribution in [0, 0.1) is 0 Å². The minimum absolute atomic E-state index is 0.135. The fraction of sp³-hybridized carbons (Fsp3) is 0.167. The number of nitrogens with two attached hydrogens (primary N) is 1. The zero-order valence-electron chi connectivity index (χ0n) is 10.3. The Morgan fingerprint density at radius 1 is 1.35 bits per heavy atom. The average molecular weight is 396 g/mol. The molecule has 0 fully saturated rings. The van der Waals surface area contributed by atoms with Crippen molar-refractivity contribution in [2.45, 2.75) is 18.0 Å². The summed E-state index contributed by atoms with van der Waals surface area (Å²) in [6.07, 6.45) is 0. The first kappa shape index (κ1) is 15.9. The summed E-state index contributed by atoms with van der Waals surface area (Å²) in [5.41, 5.74) is 6.21. The molecule has 8 heteroatoms. The molecular formula is C12H12BrClN2O2S2. The van der Waals surface area contributed by atoms with E-state index in [1.807, 2.05) is 11.4 Å². The van der Waals surface area contributed by atoms with E-state index in [4.69, 9.17) is 17.3 Å². The molecule has 3 N–H and O–H groups in total. The van der Waals surface area contributed by atoms with Gasteiger partial charge in [-0.15, -0.1) is 11.3 Å². The van der Waals surface area contributed by atoms with Crippen molar-refractivity contribution in [2.75, 3.05) is 0 Å². The second-order valence-corrected chi connectivity index (χ2v) is 8.10. The van der Waals surface area contributed by atoms with Crippen LogP contribution in [-0.4, -0.2) is 8.42 Å².